The molecular weight excluding hydrogens is 859 g/mol. The summed E-state index contributed by atoms with van der Waals surface area (Å²) in [5.41, 5.74) is 5.11. The van der Waals surface area contributed by atoms with E-state index in [0.29, 0.717) is 39.2 Å². The molecule has 64 heavy (non-hydrogen) atoms. The Morgan fingerprint density at radius 2 is 1.53 bits per heavy atom. The molecule has 4 N–H and O–H groups in total. The van der Waals surface area contributed by atoms with Crippen molar-refractivity contribution in [1.82, 2.24) is 10.6 Å². The summed E-state index contributed by atoms with van der Waals surface area (Å²) in [7, 11) is 0. The van der Waals surface area contributed by atoms with E-state index in [0.717, 1.165) is 57.7 Å². The number of hydrogen-bond acceptors (Lipinski definition) is 9. The number of rotatable bonds is 11. The predicted octanol–water partition coefficient (Wildman–Crippen LogP) is 8.23. The number of nitrogens with one attached hydrogen (secondary N) is 2. The number of phenols is 1. The third-order valence-electron chi connectivity index (χ3n) is 10.5. The van der Waals surface area contributed by atoms with Crippen LogP contribution in [0.1, 0.15) is 69.7 Å². The summed E-state index contributed by atoms with van der Waals surface area (Å²) < 4.78 is 12.4. The van der Waals surface area contributed by atoms with Crippen LogP contribution in [0.3, 0.4) is 0 Å². The maximum Gasteiger partial charge on any atom is 0.373 e. The first-order chi connectivity index (χ1) is 30.8. The highest BCUT2D eigenvalue weighted by Crippen LogP contribution is 2.44. The van der Waals surface area contributed by atoms with Gasteiger partial charge < -0.3 is 30.0 Å². The molecule has 14 heteroatoms. The van der Waals surface area contributed by atoms with Gasteiger partial charge in [-0.2, -0.15) is 9.59 Å². The van der Waals surface area contributed by atoms with E-state index in [9.17, 15) is 29.4 Å². The summed E-state index contributed by atoms with van der Waals surface area (Å²) in [5, 5.41) is 27.9. The Morgan fingerprint density at radius 3 is 2.25 bits per heavy atom. The molecule has 8 rings (SSSR count). The van der Waals surface area contributed by atoms with Crippen LogP contribution in [0.4, 0.5) is 0 Å². The molecule has 0 spiro atoms. The molecule has 5 aromatic rings. The molecule has 0 unspecified atom stereocenters. The standard InChI is InChI=1S/C49H38Cl2N2O8.CO2/c1-3-5-26-9-15-34-38(19-26)60-39-20-27(6-4-2)10-16-35(39)44(34)46-45(49(58)59)37(50)23-36(47(46)51)48(57)53-25-42(56)52-24-28-7-11-29(12-8-28)43-32-17-13-30(54)21-40(32)61-41-22-31(55)14-18-33(41)43;2-1-3/h5,7-23,54H,3-4,6,24-25H2,1-2H3,(H,52,56)(H,53,57)(H,58,59);/b26-5+;. The normalized spacial score (nSPS) is 11.8. The summed E-state index contributed by atoms with van der Waals surface area (Å²) in [5.74, 6) is -1.11. The number of aromatic hydroxyl groups is 1. The predicted molar refractivity (Wildman–Crippen MR) is 241 cm³/mol. The van der Waals surface area contributed by atoms with Crippen LogP contribution < -0.4 is 31.2 Å². The minimum absolute atomic E-state index is 0.0294. The van der Waals surface area contributed by atoms with Gasteiger partial charge in [-0.25, -0.2) is 4.79 Å². The molecule has 0 saturated heterocycles. The van der Waals surface area contributed by atoms with Gasteiger partial charge in [-0.05, 0) is 83.3 Å². The van der Waals surface area contributed by atoms with Crippen molar-refractivity contribution in [3.63, 3.8) is 0 Å². The Hall–Kier alpha value is -7.50. The van der Waals surface area contributed by atoms with Crippen LogP contribution >= 0.6 is 23.2 Å². The number of phenolic OH excluding ortho intramolecular Hbond substituents is 1. The second-order valence-corrected chi connectivity index (χ2v) is 15.5. The molecule has 0 aromatic heterocycles. The van der Waals surface area contributed by atoms with Crippen LogP contribution in [0.15, 0.2) is 112 Å². The van der Waals surface area contributed by atoms with Gasteiger partial charge in [0.25, 0.3) is 5.91 Å². The van der Waals surface area contributed by atoms with E-state index in [1.54, 1.807) is 18.2 Å². The first kappa shape index (κ1) is 44.6. The number of carbonyl (C=O) groups excluding carboxylic acids is 4. The number of aromatic carboxylic acids is 1. The second-order valence-electron chi connectivity index (χ2n) is 14.8. The summed E-state index contributed by atoms with van der Waals surface area (Å²) in [6.45, 7) is 3.84. The number of aryl methyl sites for hydroxylation is 1. The van der Waals surface area contributed by atoms with Crippen molar-refractivity contribution >= 4 is 69.8 Å². The molecule has 5 aromatic carbocycles. The molecule has 0 radical (unpaired) electrons. The van der Waals surface area contributed by atoms with Crippen LogP contribution in [0.2, 0.25) is 10.0 Å². The van der Waals surface area contributed by atoms with Crippen molar-refractivity contribution in [3.05, 3.63) is 167 Å². The number of carbonyl (C=O) groups is 3. The lowest BCUT2D eigenvalue weighted by molar-refractivity contribution is -0.191. The van der Waals surface area contributed by atoms with Crippen LogP contribution in [0, 0.1) is 0 Å². The van der Waals surface area contributed by atoms with E-state index in [-0.39, 0.29) is 50.6 Å². The number of carboxylic acids is 1. The number of hydrogen-bond donors (Lipinski definition) is 4. The average Bonchev–Trinajstić information content (AvgIpc) is 3.27. The molecule has 2 amide bonds. The van der Waals surface area contributed by atoms with E-state index in [2.05, 4.69) is 17.6 Å². The smallest absolute Gasteiger partial charge is 0.373 e. The van der Waals surface area contributed by atoms with E-state index < -0.39 is 24.3 Å². The molecule has 0 fully saturated rings. The zero-order valence-electron chi connectivity index (χ0n) is 34.3. The lowest BCUT2D eigenvalue weighted by atomic mass is 9.87. The van der Waals surface area contributed by atoms with Crippen molar-refractivity contribution < 1.29 is 43.3 Å². The molecule has 12 nitrogen and oxygen atoms in total. The van der Waals surface area contributed by atoms with Crippen molar-refractivity contribution in [3.8, 4) is 39.7 Å². The average molecular weight is 898 g/mol. The fraction of sp³-hybridized carbons (Fsp3) is 0.140. The summed E-state index contributed by atoms with van der Waals surface area (Å²) in [4.78, 5) is 68.1. The highest BCUT2D eigenvalue weighted by atomic mass is 35.5. The van der Waals surface area contributed by atoms with Gasteiger partial charge in [0.05, 0.1) is 27.7 Å². The molecule has 0 atom stereocenters. The SMILES string of the molecule is CC/C=c1\ccc2c(c1)Oc1cc(CCC)ccc1C=2c1c(Cl)c(C(=O)NCC(=O)NCc2ccc(-c3c4ccc(=O)cc-4oc4cc(O)ccc34)cc2)cc(Cl)c1C(=O)O.O=C=O. The third-order valence-corrected chi connectivity index (χ3v) is 11.2. The zero-order valence-corrected chi connectivity index (χ0v) is 35.9. The first-order valence-corrected chi connectivity index (χ1v) is 20.9. The minimum Gasteiger partial charge on any atom is -0.508 e. The van der Waals surface area contributed by atoms with Gasteiger partial charge in [-0.1, -0.05) is 92.0 Å². The molecule has 0 saturated carbocycles. The van der Waals surface area contributed by atoms with Gasteiger partial charge in [-0.3, -0.25) is 14.4 Å². The summed E-state index contributed by atoms with van der Waals surface area (Å²) >= 11 is 13.7. The van der Waals surface area contributed by atoms with Gasteiger partial charge in [0.2, 0.25) is 5.91 Å². The molecule has 0 bridgehead atoms. The van der Waals surface area contributed by atoms with Gasteiger partial charge in [0.15, 0.2) is 5.43 Å². The van der Waals surface area contributed by atoms with Crippen LogP contribution in [0.25, 0.3) is 45.1 Å². The third kappa shape index (κ3) is 9.16. The Labute approximate surface area is 375 Å². The second kappa shape index (κ2) is 19.3. The maximum absolute atomic E-state index is 13.8. The van der Waals surface area contributed by atoms with Crippen molar-refractivity contribution in [2.75, 3.05) is 6.54 Å². The maximum atomic E-state index is 13.8. The summed E-state index contributed by atoms with van der Waals surface area (Å²) in [6.07, 6.45) is 4.81. The molecule has 2 aliphatic heterocycles. The van der Waals surface area contributed by atoms with Crippen molar-refractivity contribution in [2.24, 2.45) is 0 Å². The Morgan fingerprint density at radius 1 is 0.797 bits per heavy atom. The van der Waals surface area contributed by atoms with Crippen LogP contribution in [-0.4, -0.2) is 40.7 Å². The van der Waals surface area contributed by atoms with Crippen LogP contribution in [0.5, 0.6) is 17.2 Å². The topological polar surface area (TPSA) is 189 Å². The Balaban J connectivity index is 0.00000199. The van der Waals surface area contributed by atoms with E-state index in [1.165, 1.54) is 24.3 Å². The van der Waals surface area contributed by atoms with E-state index in [4.69, 9.17) is 41.9 Å². The molecule has 3 aliphatic rings. The number of halogens is 2. The monoisotopic (exact) mass is 896 g/mol. The zero-order chi connectivity index (χ0) is 45.7. The number of carboxylic acid groups (broad SMARTS) is 1. The van der Waals surface area contributed by atoms with Gasteiger partial charge in [0.1, 0.15) is 28.6 Å². The highest BCUT2D eigenvalue weighted by Gasteiger charge is 2.31. The Bertz CT molecular complexity index is 3190. The van der Waals surface area contributed by atoms with Crippen molar-refractivity contribution in [1.29, 1.82) is 0 Å². The van der Waals surface area contributed by atoms with Gasteiger partial charge >= 0.3 is 12.1 Å². The number of benzene rings is 6. The van der Waals surface area contributed by atoms with E-state index in [1.807, 2.05) is 73.7 Å². The lowest BCUT2D eigenvalue weighted by Crippen LogP contribution is -2.36. The van der Waals surface area contributed by atoms with Gasteiger partial charge in [0, 0.05) is 57.1 Å². The fourth-order valence-corrected chi connectivity index (χ4v) is 8.35. The highest BCUT2D eigenvalue weighted by molar-refractivity contribution is 6.40. The first-order valence-electron chi connectivity index (χ1n) is 20.1. The van der Waals surface area contributed by atoms with Crippen LogP contribution in [-0.2, 0) is 27.3 Å². The molecule has 322 valence electrons. The van der Waals surface area contributed by atoms with Gasteiger partial charge in [-0.15, -0.1) is 0 Å². The molecular formula is C50H38Cl2N2O10. The number of ether oxygens (including phenoxy) is 1. The van der Waals surface area contributed by atoms with Crippen molar-refractivity contribution in [2.45, 2.75) is 39.7 Å². The number of fused-ring (bicyclic) bond motifs is 4. The fourth-order valence-electron chi connectivity index (χ4n) is 7.74. The minimum atomic E-state index is -1.33. The largest absolute Gasteiger partial charge is 0.508 e. The Kier molecular flexibility index (Phi) is 13.4. The molecule has 1 aliphatic carbocycles. The van der Waals surface area contributed by atoms with E-state index >= 15 is 0 Å². The summed E-state index contributed by atoms with van der Waals surface area (Å²) in [6, 6.07) is 29.5. The number of amides is 2. The lowest BCUT2D eigenvalue weighted by Gasteiger charge is -2.24. The quantitative estimate of drug-likeness (QED) is 0.0921. The molecule has 2 heterocycles.